The van der Waals surface area contributed by atoms with E-state index in [1.165, 1.54) is 0 Å². The Hall–Kier alpha value is -1.93. The first kappa shape index (κ1) is 14.6. The summed E-state index contributed by atoms with van der Waals surface area (Å²) in [4.78, 5) is 4.55. The number of aromatic nitrogens is 5. The Morgan fingerprint density at radius 3 is 2.91 bits per heavy atom. The molecule has 0 bridgehead atoms. The number of thioether (sulfide) groups is 1. The number of ether oxygens (including phenoxy) is 1. The topological polar surface area (TPSA) is 78.9 Å². The predicted molar refractivity (Wildman–Crippen MR) is 85.2 cm³/mol. The van der Waals surface area contributed by atoms with Crippen molar-refractivity contribution in [3.63, 3.8) is 0 Å². The van der Waals surface area contributed by atoms with Gasteiger partial charge in [-0.05, 0) is 42.3 Å². The van der Waals surface area contributed by atoms with Crippen molar-refractivity contribution in [3.8, 4) is 0 Å². The summed E-state index contributed by atoms with van der Waals surface area (Å²) in [5.74, 6) is 0.692. The van der Waals surface area contributed by atoms with Crippen molar-refractivity contribution in [2.45, 2.75) is 36.2 Å². The van der Waals surface area contributed by atoms with Crippen LogP contribution in [0.2, 0.25) is 0 Å². The molecule has 1 aliphatic heterocycles. The van der Waals surface area contributed by atoms with Gasteiger partial charge in [0.2, 0.25) is 11.0 Å². The van der Waals surface area contributed by atoms with E-state index in [4.69, 9.17) is 9.15 Å². The van der Waals surface area contributed by atoms with Crippen molar-refractivity contribution in [2.24, 2.45) is 0 Å². The molecule has 8 heteroatoms. The zero-order valence-electron chi connectivity index (χ0n) is 12.8. The highest BCUT2D eigenvalue weighted by molar-refractivity contribution is 7.99. The molecular weight excluding hydrogens is 314 g/mol. The summed E-state index contributed by atoms with van der Waals surface area (Å²) >= 11 is 1.57. The fraction of sp³-hybridized carbons (Fsp3) is 0.467. The molecule has 0 amide bonds. The lowest BCUT2D eigenvalue weighted by atomic mass is 10.1. The van der Waals surface area contributed by atoms with Crippen LogP contribution in [0.4, 0.5) is 0 Å². The Labute approximate surface area is 137 Å². The number of tetrazole rings is 1. The predicted octanol–water partition coefficient (Wildman–Crippen LogP) is 3.02. The minimum atomic E-state index is 0.0343. The van der Waals surface area contributed by atoms with E-state index >= 15 is 0 Å². The molecule has 0 aliphatic carbocycles. The molecule has 23 heavy (non-hydrogen) atoms. The SMILES string of the molecule is C[C@@H](Sc1nnnn1C1CCOCC1)c1nc2ccccc2o1. The molecule has 0 radical (unpaired) electrons. The molecule has 0 unspecified atom stereocenters. The number of hydrogen-bond acceptors (Lipinski definition) is 7. The zero-order valence-corrected chi connectivity index (χ0v) is 13.6. The van der Waals surface area contributed by atoms with E-state index in [9.17, 15) is 0 Å². The first-order valence-corrected chi connectivity index (χ1v) is 8.57. The van der Waals surface area contributed by atoms with E-state index in [1.807, 2.05) is 28.9 Å². The molecule has 0 N–H and O–H groups in total. The lowest BCUT2D eigenvalue weighted by molar-refractivity contribution is 0.0631. The van der Waals surface area contributed by atoms with Gasteiger partial charge >= 0.3 is 0 Å². The van der Waals surface area contributed by atoms with Crippen LogP contribution < -0.4 is 0 Å². The summed E-state index contributed by atoms with van der Waals surface area (Å²) in [6.45, 7) is 3.57. The van der Waals surface area contributed by atoms with Crippen molar-refractivity contribution in [2.75, 3.05) is 13.2 Å². The van der Waals surface area contributed by atoms with Gasteiger partial charge in [0.1, 0.15) is 5.52 Å². The lowest BCUT2D eigenvalue weighted by Crippen LogP contribution is -2.21. The van der Waals surface area contributed by atoms with E-state index in [0.717, 1.165) is 42.3 Å². The van der Waals surface area contributed by atoms with Gasteiger partial charge in [0.25, 0.3) is 0 Å². The third-order valence-electron chi connectivity index (χ3n) is 3.94. The summed E-state index contributed by atoms with van der Waals surface area (Å²) in [7, 11) is 0. The quantitative estimate of drug-likeness (QED) is 0.680. The number of para-hydroxylation sites is 2. The summed E-state index contributed by atoms with van der Waals surface area (Å²) in [5.41, 5.74) is 1.68. The van der Waals surface area contributed by atoms with Gasteiger partial charge in [-0.25, -0.2) is 9.67 Å². The Kier molecular flexibility index (Phi) is 4.00. The summed E-state index contributed by atoms with van der Waals surface area (Å²) in [6, 6.07) is 8.08. The molecule has 1 fully saturated rings. The molecule has 1 aliphatic rings. The van der Waals surface area contributed by atoms with Crippen molar-refractivity contribution in [1.82, 2.24) is 25.2 Å². The molecule has 4 rings (SSSR count). The van der Waals surface area contributed by atoms with E-state index in [-0.39, 0.29) is 5.25 Å². The Balaban J connectivity index is 1.54. The number of fused-ring (bicyclic) bond motifs is 1. The van der Waals surface area contributed by atoms with Crippen molar-refractivity contribution in [1.29, 1.82) is 0 Å². The van der Waals surface area contributed by atoms with E-state index in [1.54, 1.807) is 11.8 Å². The van der Waals surface area contributed by atoms with Gasteiger partial charge in [-0.2, -0.15) is 0 Å². The Bertz CT molecular complexity index is 763. The fourth-order valence-corrected chi connectivity index (χ4v) is 3.59. The third kappa shape index (κ3) is 2.96. The molecule has 3 aromatic rings. The average molecular weight is 331 g/mol. The molecule has 3 heterocycles. The second kappa shape index (κ2) is 6.29. The lowest BCUT2D eigenvalue weighted by Gasteiger charge is -2.22. The largest absolute Gasteiger partial charge is 0.439 e. The van der Waals surface area contributed by atoms with E-state index < -0.39 is 0 Å². The maximum atomic E-state index is 5.83. The van der Waals surface area contributed by atoms with Crippen LogP contribution in [0.5, 0.6) is 0 Å². The van der Waals surface area contributed by atoms with Crippen LogP contribution >= 0.6 is 11.8 Å². The highest BCUT2D eigenvalue weighted by Crippen LogP contribution is 2.36. The Morgan fingerprint density at radius 1 is 1.26 bits per heavy atom. The van der Waals surface area contributed by atoms with Crippen LogP contribution in [0, 0.1) is 0 Å². The van der Waals surface area contributed by atoms with Crippen LogP contribution in [-0.2, 0) is 4.74 Å². The third-order valence-corrected chi connectivity index (χ3v) is 4.97. The molecule has 0 spiro atoms. The van der Waals surface area contributed by atoms with Crippen LogP contribution in [0.15, 0.2) is 33.8 Å². The summed E-state index contributed by atoms with van der Waals surface area (Å²) in [5, 5.41) is 13.0. The van der Waals surface area contributed by atoms with Gasteiger partial charge in [0.15, 0.2) is 5.58 Å². The number of nitrogens with zero attached hydrogens (tertiary/aromatic N) is 5. The number of rotatable bonds is 4. The molecule has 120 valence electrons. The van der Waals surface area contributed by atoms with Crippen LogP contribution in [0.25, 0.3) is 11.1 Å². The molecular formula is C15H17N5O2S. The molecule has 1 saturated heterocycles. The maximum Gasteiger partial charge on any atom is 0.210 e. The van der Waals surface area contributed by atoms with Gasteiger partial charge in [-0.1, -0.05) is 23.9 Å². The van der Waals surface area contributed by atoms with E-state index in [0.29, 0.717) is 11.9 Å². The monoisotopic (exact) mass is 331 g/mol. The molecule has 1 atom stereocenters. The van der Waals surface area contributed by atoms with Gasteiger partial charge in [-0.15, -0.1) is 5.10 Å². The maximum absolute atomic E-state index is 5.83. The minimum Gasteiger partial charge on any atom is -0.439 e. The normalized spacial score (nSPS) is 17.6. The van der Waals surface area contributed by atoms with Gasteiger partial charge in [-0.3, -0.25) is 0 Å². The molecule has 2 aromatic heterocycles. The number of hydrogen-bond donors (Lipinski definition) is 0. The highest BCUT2D eigenvalue weighted by Gasteiger charge is 2.23. The zero-order chi connectivity index (χ0) is 15.6. The average Bonchev–Trinajstić information content (AvgIpc) is 3.22. The Morgan fingerprint density at radius 2 is 2.09 bits per heavy atom. The van der Waals surface area contributed by atoms with E-state index in [2.05, 4.69) is 27.4 Å². The first-order chi connectivity index (χ1) is 11.3. The molecule has 7 nitrogen and oxygen atoms in total. The van der Waals surface area contributed by atoms with Crippen molar-refractivity contribution >= 4 is 22.9 Å². The van der Waals surface area contributed by atoms with Crippen molar-refractivity contribution < 1.29 is 9.15 Å². The van der Waals surface area contributed by atoms with Crippen LogP contribution in [0.1, 0.15) is 36.9 Å². The van der Waals surface area contributed by atoms with Crippen LogP contribution in [0.3, 0.4) is 0 Å². The second-order valence-electron chi connectivity index (χ2n) is 5.53. The first-order valence-electron chi connectivity index (χ1n) is 7.69. The standard InChI is InChI=1S/C15H17N5O2S/c1-10(14-16-12-4-2-3-5-13(12)22-14)23-15-17-18-19-20(15)11-6-8-21-9-7-11/h2-5,10-11H,6-9H2,1H3/t10-/m1/s1. The smallest absolute Gasteiger partial charge is 0.210 e. The number of oxazole rings is 1. The minimum absolute atomic E-state index is 0.0343. The molecule has 1 aromatic carbocycles. The fourth-order valence-electron chi connectivity index (χ4n) is 2.69. The highest BCUT2D eigenvalue weighted by atomic mass is 32.2. The second-order valence-corrected chi connectivity index (χ2v) is 6.84. The van der Waals surface area contributed by atoms with Crippen molar-refractivity contribution in [3.05, 3.63) is 30.2 Å². The number of benzene rings is 1. The molecule has 0 saturated carbocycles. The van der Waals surface area contributed by atoms with Gasteiger partial charge in [0.05, 0.1) is 11.3 Å². The van der Waals surface area contributed by atoms with Gasteiger partial charge in [0, 0.05) is 13.2 Å². The summed E-state index contributed by atoms with van der Waals surface area (Å²) in [6.07, 6.45) is 1.88. The van der Waals surface area contributed by atoms with Gasteiger partial charge < -0.3 is 9.15 Å². The van der Waals surface area contributed by atoms with Crippen LogP contribution in [-0.4, -0.2) is 38.4 Å². The summed E-state index contributed by atoms with van der Waals surface area (Å²) < 4.78 is 13.2.